The van der Waals surface area contributed by atoms with Gasteiger partial charge in [0, 0.05) is 18.3 Å². The van der Waals surface area contributed by atoms with E-state index in [9.17, 15) is 0 Å². The molecule has 0 saturated carbocycles. The molecule has 2 rings (SSSR count). The van der Waals surface area contributed by atoms with Crippen molar-refractivity contribution in [2.24, 2.45) is 0 Å². The molecule has 1 aromatic heterocycles. The summed E-state index contributed by atoms with van der Waals surface area (Å²) in [5, 5.41) is 0. The van der Waals surface area contributed by atoms with Gasteiger partial charge >= 0.3 is 0 Å². The van der Waals surface area contributed by atoms with Crippen molar-refractivity contribution in [1.82, 2.24) is 4.98 Å². The molecule has 0 aliphatic carbocycles. The Morgan fingerprint density at radius 1 is 1.00 bits per heavy atom. The molecule has 2 aromatic rings. The van der Waals surface area contributed by atoms with E-state index in [-0.39, 0.29) is 0 Å². The monoisotopic (exact) mass is 230 g/mol. The molecular formula is C13H12NO3. The van der Waals surface area contributed by atoms with Crippen LogP contribution in [0, 0.1) is 6.20 Å². The van der Waals surface area contributed by atoms with Crippen LogP contribution in [0.25, 0.3) is 0 Å². The second-order valence-electron chi connectivity index (χ2n) is 3.24. The molecule has 0 fully saturated rings. The third-order valence-electron chi connectivity index (χ3n) is 2.19. The van der Waals surface area contributed by atoms with E-state index in [1.165, 1.54) is 0 Å². The molecular weight excluding hydrogens is 218 g/mol. The van der Waals surface area contributed by atoms with Gasteiger partial charge in [-0.1, -0.05) is 0 Å². The number of pyridine rings is 1. The summed E-state index contributed by atoms with van der Waals surface area (Å²) < 4.78 is 16.0. The lowest BCUT2D eigenvalue weighted by Gasteiger charge is -2.11. The lowest BCUT2D eigenvalue weighted by molar-refractivity contribution is 0.371. The summed E-state index contributed by atoms with van der Waals surface area (Å²) in [6.45, 7) is 0. The van der Waals surface area contributed by atoms with Crippen LogP contribution in [0.15, 0.2) is 36.5 Å². The number of benzene rings is 1. The topological polar surface area (TPSA) is 40.6 Å². The van der Waals surface area contributed by atoms with Gasteiger partial charge in [0.2, 0.25) is 0 Å². The zero-order valence-electron chi connectivity index (χ0n) is 9.64. The van der Waals surface area contributed by atoms with Crippen molar-refractivity contribution >= 4 is 0 Å². The molecule has 87 valence electrons. The largest absolute Gasteiger partial charge is 0.497 e. The summed E-state index contributed by atoms with van der Waals surface area (Å²) in [7, 11) is 3.19. The summed E-state index contributed by atoms with van der Waals surface area (Å²) >= 11 is 0. The lowest BCUT2D eigenvalue weighted by Crippen LogP contribution is -1.92. The van der Waals surface area contributed by atoms with Crippen molar-refractivity contribution in [1.29, 1.82) is 0 Å². The Balaban J connectivity index is 2.30. The zero-order valence-corrected chi connectivity index (χ0v) is 9.64. The Bertz CT molecular complexity index is 485. The Morgan fingerprint density at radius 3 is 2.53 bits per heavy atom. The maximum atomic E-state index is 5.67. The van der Waals surface area contributed by atoms with Crippen molar-refractivity contribution in [3.63, 3.8) is 0 Å². The standard InChI is InChI=1S/C13H12NO3/c1-15-11-3-4-12(16-2)13(9-11)17-10-5-7-14-8-6-10/h3-7,9H,1-2H3. The summed E-state index contributed by atoms with van der Waals surface area (Å²) in [4.78, 5) is 3.80. The number of ether oxygens (including phenoxy) is 3. The third-order valence-corrected chi connectivity index (χ3v) is 2.19. The van der Waals surface area contributed by atoms with Gasteiger partial charge in [0.25, 0.3) is 0 Å². The molecule has 0 amide bonds. The summed E-state index contributed by atoms with van der Waals surface area (Å²) in [6, 6.07) is 8.76. The summed E-state index contributed by atoms with van der Waals surface area (Å²) in [6.07, 6.45) is 4.31. The van der Waals surface area contributed by atoms with Gasteiger partial charge in [0.05, 0.1) is 20.4 Å². The predicted octanol–water partition coefficient (Wildman–Crippen LogP) is 2.69. The first kappa shape index (κ1) is 11.3. The van der Waals surface area contributed by atoms with Crippen molar-refractivity contribution in [2.45, 2.75) is 0 Å². The fourth-order valence-electron chi connectivity index (χ4n) is 1.36. The highest BCUT2D eigenvalue weighted by atomic mass is 16.5. The number of aromatic nitrogens is 1. The Labute approximate surface area is 99.8 Å². The predicted molar refractivity (Wildman–Crippen MR) is 62.7 cm³/mol. The van der Waals surface area contributed by atoms with Crippen LogP contribution >= 0.6 is 0 Å². The smallest absolute Gasteiger partial charge is 0.172 e. The van der Waals surface area contributed by atoms with Gasteiger partial charge in [-0.2, -0.15) is 0 Å². The molecule has 0 aliphatic rings. The lowest BCUT2D eigenvalue weighted by atomic mass is 10.3. The Kier molecular flexibility index (Phi) is 3.45. The van der Waals surface area contributed by atoms with Crippen LogP contribution in [0.4, 0.5) is 0 Å². The summed E-state index contributed by atoms with van der Waals surface area (Å²) in [5.74, 6) is 2.58. The van der Waals surface area contributed by atoms with Gasteiger partial charge in [-0.3, -0.25) is 4.98 Å². The molecule has 4 nitrogen and oxygen atoms in total. The molecule has 0 N–H and O–H groups in total. The second-order valence-corrected chi connectivity index (χ2v) is 3.24. The normalized spacial score (nSPS) is 9.76. The minimum atomic E-state index is 0.589. The molecule has 0 unspecified atom stereocenters. The highest BCUT2D eigenvalue weighted by molar-refractivity contribution is 5.47. The zero-order chi connectivity index (χ0) is 12.1. The van der Waals surface area contributed by atoms with Crippen LogP contribution in [0.3, 0.4) is 0 Å². The van der Waals surface area contributed by atoms with E-state index in [0.717, 1.165) is 0 Å². The maximum Gasteiger partial charge on any atom is 0.172 e. The van der Waals surface area contributed by atoms with Gasteiger partial charge in [-0.05, 0) is 18.2 Å². The third kappa shape index (κ3) is 2.66. The number of methoxy groups -OCH3 is 2. The van der Waals surface area contributed by atoms with E-state index in [0.29, 0.717) is 23.0 Å². The minimum Gasteiger partial charge on any atom is -0.497 e. The SMILES string of the molecule is COc1ccc(OC)c(Oc2c[c]ncc2)c1. The second kappa shape index (κ2) is 5.21. The molecule has 1 aromatic carbocycles. The van der Waals surface area contributed by atoms with Crippen molar-refractivity contribution in [2.75, 3.05) is 14.2 Å². The Hall–Kier alpha value is -2.23. The molecule has 0 saturated heterocycles. The van der Waals surface area contributed by atoms with Crippen molar-refractivity contribution < 1.29 is 14.2 Å². The van der Waals surface area contributed by atoms with Crippen molar-refractivity contribution in [3.8, 4) is 23.0 Å². The van der Waals surface area contributed by atoms with Crippen LogP contribution < -0.4 is 14.2 Å². The van der Waals surface area contributed by atoms with E-state index >= 15 is 0 Å². The highest BCUT2D eigenvalue weighted by Gasteiger charge is 2.07. The fourth-order valence-corrected chi connectivity index (χ4v) is 1.36. The van der Waals surface area contributed by atoms with E-state index in [4.69, 9.17) is 14.2 Å². The number of rotatable bonds is 4. The van der Waals surface area contributed by atoms with Crippen LogP contribution in [0.5, 0.6) is 23.0 Å². The van der Waals surface area contributed by atoms with Gasteiger partial charge in [0.15, 0.2) is 11.5 Å². The van der Waals surface area contributed by atoms with Crippen LogP contribution in [-0.2, 0) is 0 Å². The van der Waals surface area contributed by atoms with Gasteiger partial charge in [-0.15, -0.1) is 0 Å². The van der Waals surface area contributed by atoms with Crippen LogP contribution in [-0.4, -0.2) is 19.2 Å². The fraction of sp³-hybridized carbons (Fsp3) is 0.154. The van der Waals surface area contributed by atoms with Gasteiger partial charge in [0.1, 0.15) is 11.5 Å². The average molecular weight is 230 g/mol. The molecule has 0 aliphatic heterocycles. The number of hydrogen-bond acceptors (Lipinski definition) is 4. The highest BCUT2D eigenvalue weighted by Crippen LogP contribution is 2.34. The van der Waals surface area contributed by atoms with Gasteiger partial charge < -0.3 is 14.2 Å². The molecule has 0 bridgehead atoms. The molecule has 17 heavy (non-hydrogen) atoms. The molecule has 1 radical (unpaired) electrons. The van der Waals surface area contributed by atoms with Crippen LogP contribution in [0.2, 0.25) is 0 Å². The minimum absolute atomic E-state index is 0.589. The molecule has 4 heteroatoms. The first-order chi connectivity index (χ1) is 8.33. The summed E-state index contributed by atoms with van der Waals surface area (Å²) in [5.41, 5.74) is 0. The van der Waals surface area contributed by atoms with E-state index in [2.05, 4.69) is 11.2 Å². The number of nitrogens with zero attached hydrogens (tertiary/aromatic N) is 1. The van der Waals surface area contributed by atoms with Crippen LogP contribution in [0.1, 0.15) is 0 Å². The maximum absolute atomic E-state index is 5.67. The van der Waals surface area contributed by atoms with Gasteiger partial charge in [-0.25, -0.2) is 0 Å². The molecule has 0 spiro atoms. The number of hydrogen-bond donors (Lipinski definition) is 0. The first-order valence-electron chi connectivity index (χ1n) is 5.05. The Morgan fingerprint density at radius 2 is 1.88 bits per heavy atom. The molecule has 0 atom stereocenters. The molecule has 1 heterocycles. The quantitative estimate of drug-likeness (QED) is 0.809. The van der Waals surface area contributed by atoms with Crippen molar-refractivity contribution in [3.05, 3.63) is 42.7 Å². The van der Waals surface area contributed by atoms with E-state index < -0.39 is 0 Å². The average Bonchev–Trinajstić information content (AvgIpc) is 2.40. The van der Waals surface area contributed by atoms with E-state index in [1.807, 2.05) is 6.07 Å². The first-order valence-corrected chi connectivity index (χ1v) is 5.05. The van der Waals surface area contributed by atoms with E-state index in [1.54, 1.807) is 44.7 Å².